The molecule has 1 aliphatic carbocycles. The normalized spacial score (nSPS) is 34.3. The first-order valence-electron chi connectivity index (χ1n) is 16.0. The van der Waals surface area contributed by atoms with Crippen molar-refractivity contribution in [3.63, 3.8) is 0 Å². The van der Waals surface area contributed by atoms with Gasteiger partial charge < -0.3 is 39.6 Å². The molecule has 4 N–H and O–H groups in total. The lowest BCUT2D eigenvalue weighted by Crippen LogP contribution is -2.46. The molecule has 0 unspecified atom stereocenters. The predicted octanol–water partition coefficient (Wildman–Crippen LogP) is 3.24. The van der Waals surface area contributed by atoms with E-state index in [-0.39, 0.29) is 22.4 Å². The molecule has 0 aromatic heterocycles. The summed E-state index contributed by atoms with van der Waals surface area (Å²) in [6.45, 7) is 10.8. The van der Waals surface area contributed by atoms with E-state index in [0.29, 0.717) is 0 Å². The van der Waals surface area contributed by atoms with Crippen molar-refractivity contribution in [1.82, 2.24) is 5.32 Å². The number of rotatable bonds is 2. The quantitative estimate of drug-likeness (QED) is 0.334. The van der Waals surface area contributed by atoms with E-state index in [1.165, 1.54) is 46.1 Å². The van der Waals surface area contributed by atoms with Gasteiger partial charge in [-0.3, -0.25) is 24.0 Å². The number of phenols is 1. The van der Waals surface area contributed by atoms with Gasteiger partial charge in [0.15, 0.2) is 5.78 Å². The highest BCUT2D eigenvalue weighted by Gasteiger charge is 2.51. The average molecular weight is 682 g/mol. The number of carbonyl (C=O) groups excluding carboxylic acids is 5. The number of Topliss-reactive ketones (excluding diaryl/α,β-unsaturated/α-hetero) is 2. The molecule has 3 aliphatic heterocycles. The van der Waals surface area contributed by atoms with Gasteiger partial charge in [0.05, 0.1) is 47.0 Å². The maximum Gasteiger partial charge on any atom is 0.312 e. The summed E-state index contributed by atoms with van der Waals surface area (Å²) in [6, 6.07) is 0. The third-order valence-electron chi connectivity index (χ3n) is 9.47. The van der Waals surface area contributed by atoms with E-state index in [0.717, 1.165) is 18.4 Å². The first kappa shape index (κ1) is 37.2. The summed E-state index contributed by atoms with van der Waals surface area (Å²) in [7, 11) is 1.42. The molecule has 0 saturated heterocycles. The average Bonchev–Trinajstić information content (AvgIpc) is 3.31. The Kier molecular flexibility index (Phi) is 11.0. The van der Waals surface area contributed by atoms with E-state index >= 15 is 0 Å². The van der Waals surface area contributed by atoms with E-state index in [9.17, 15) is 39.3 Å². The molecule has 1 amide bonds. The fourth-order valence-corrected chi connectivity index (χ4v) is 6.50. The second kappa shape index (κ2) is 14.5. The van der Waals surface area contributed by atoms with Gasteiger partial charge in [0.2, 0.25) is 11.7 Å². The van der Waals surface area contributed by atoms with Gasteiger partial charge in [0.25, 0.3) is 5.78 Å². The van der Waals surface area contributed by atoms with Crippen LogP contribution in [0, 0.1) is 30.6 Å². The van der Waals surface area contributed by atoms with Gasteiger partial charge in [0.1, 0.15) is 17.6 Å². The molecule has 0 radical (unpaired) electrons. The van der Waals surface area contributed by atoms with Crippen LogP contribution in [0.5, 0.6) is 11.5 Å². The topological polar surface area (TPSA) is 195 Å². The summed E-state index contributed by atoms with van der Waals surface area (Å²) < 4.78 is 23.0. The Labute approximate surface area is 284 Å². The van der Waals surface area contributed by atoms with Gasteiger partial charge in [-0.15, -0.1) is 0 Å². The van der Waals surface area contributed by atoms with Gasteiger partial charge in [-0.2, -0.15) is 0 Å². The van der Waals surface area contributed by atoms with Crippen molar-refractivity contribution < 1.29 is 58.2 Å². The summed E-state index contributed by atoms with van der Waals surface area (Å²) in [5.74, 6) is -9.03. The van der Waals surface area contributed by atoms with Gasteiger partial charge in [0, 0.05) is 62.3 Å². The fraction of sp³-hybridized carbons (Fsp3) is 0.472. The molecule has 0 spiro atoms. The molecule has 5 bridgehead atoms. The summed E-state index contributed by atoms with van der Waals surface area (Å²) in [6.07, 6.45) is 5.26. The highest BCUT2D eigenvalue weighted by molar-refractivity contribution is 6.30. The molecule has 3 heterocycles. The minimum Gasteiger partial charge on any atom is -0.507 e. The number of hydrogen-bond donors (Lipinski definition) is 4. The molecule has 13 nitrogen and oxygen atoms in total. The number of fused-ring (bicyclic) bond motifs is 14. The highest BCUT2D eigenvalue weighted by atomic mass is 16.7. The molecule has 0 saturated carbocycles. The van der Waals surface area contributed by atoms with Crippen molar-refractivity contribution in [3.05, 3.63) is 70.7 Å². The van der Waals surface area contributed by atoms with Crippen LogP contribution in [0.15, 0.2) is 48.4 Å². The number of methoxy groups -OCH3 is 1. The number of ketones is 3. The first-order valence-corrected chi connectivity index (χ1v) is 16.0. The van der Waals surface area contributed by atoms with E-state index in [2.05, 4.69) is 5.32 Å². The molecule has 4 aliphatic rings. The Morgan fingerprint density at radius 1 is 0.939 bits per heavy atom. The van der Waals surface area contributed by atoms with Crippen molar-refractivity contribution in [2.45, 2.75) is 78.7 Å². The lowest BCUT2D eigenvalue weighted by Gasteiger charge is -2.38. The molecule has 5 rings (SSSR count). The number of benzene rings is 1. The number of hydrogen-bond acceptors (Lipinski definition) is 12. The number of allylic oxidation sites excluding steroid dienone is 4. The van der Waals surface area contributed by atoms with E-state index in [1.54, 1.807) is 33.8 Å². The molecule has 49 heavy (non-hydrogen) atoms. The number of aliphatic hydroxyl groups is 2. The molecule has 1 aromatic rings. The summed E-state index contributed by atoms with van der Waals surface area (Å²) in [4.78, 5) is 65.6. The number of amides is 1. The Hall–Kier alpha value is -4.59. The third kappa shape index (κ3) is 7.10. The number of ether oxygens (including phenoxy) is 4. The monoisotopic (exact) mass is 681 g/mol. The Morgan fingerprint density at radius 2 is 1.61 bits per heavy atom. The van der Waals surface area contributed by atoms with E-state index in [1.807, 2.05) is 0 Å². The zero-order valence-electron chi connectivity index (χ0n) is 28.7. The molecular formula is C36H43NO12. The maximum atomic E-state index is 13.8. The van der Waals surface area contributed by atoms with Crippen LogP contribution < -0.4 is 10.1 Å². The van der Waals surface area contributed by atoms with E-state index in [4.69, 9.17) is 18.9 Å². The Morgan fingerprint density at radius 3 is 2.24 bits per heavy atom. The largest absolute Gasteiger partial charge is 0.507 e. The summed E-state index contributed by atoms with van der Waals surface area (Å²) in [5.41, 5.74) is -1.47. The SMILES string of the molecule is CO[C@H]1/C=C\O[C@@]2(C)Oc3c(C)c(O)c4c(c3C2=O)C(=O)C=C(NC(=O)/C=C\C=C/[C@H](C)[C@H](O)[C@@H](C)[C@@H](O)[C@@H](C)[C@H](OC(C)=O)[C@@H]1C)C4=O. The van der Waals surface area contributed by atoms with Gasteiger partial charge >= 0.3 is 11.8 Å². The van der Waals surface area contributed by atoms with Crippen molar-refractivity contribution >= 4 is 29.2 Å². The molecule has 9 atom stereocenters. The summed E-state index contributed by atoms with van der Waals surface area (Å²) >= 11 is 0. The Balaban J connectivity index is 1.81. The van der Waals surface area contributed by atoms with Crippen LogP contribution in [0.25, 0.3) is 0 Å². The zero-order valence-corrected chi connectivity index (χ0v) is 28.7. The van der Waals surface area contributed by atoms with Crippen molar-refractivity contribution in [1.29, 1.82) is 0 Å². The van der Waals surface area contributed by atoms with Gasteiger partial charge in [-0.1, -0.05) is 45.9 Å². The second-order valence-electron chi connectivity index (χ2n) is 12.9. The highest BCUT2D eigenvalue weighted by Crippen LogP contribution is 2.47. The van der Waals surface area contributed by atoms with Gasteiger partial charge in [-0.25, -0.2) is 0 Å². The standard InChI is InChI=1S/C36H43NO12/c1-16-11-9-10-12-25(40)37-22-15-23(39)26-27(32(22)44)31(43)20(5)34-28(26)35(45)36(7,49-34)47-14-13-24(46-8)17(2)33(48-21(6)38)19(4)30(42)18(3)29(16)41/h9-19,24,29-30,33,41-43H,1-8H3,(H,37,40)/b11-9-,12-10-,14-13-/t16-,17+,18+,19+,24-,29-,30+,33+,36-/m0/s1. The number of esters is 1. The number of phenolic OH excluding ortho intramolecular Hbond substituents is 1. The smallest absolute Gasteiger partial charge is 0.312 e. The number of carbonyl (C=O) groups is 5. The van der Waals surface area contributed by atoms with Crippen LogP contribution in [0.1, 0.15) is 78.2 Å². The predicted molar refractivity (Wildman–Crippen MR) is 175 cm³/mol. The van der Waals surface area contributed by atoms with Gasteiger partial charge in [-0.05, 0) is 13.0 Å². The number of nitrogens with one attached hydrogen (secondary N) is 1. The molecule has 1 aromatic carbocycles. The number of aromatic hydroxyl groups is 1. The van der Waals surface area contributed by atoms with Crippen LogP contribution in [0.4, 0.5) is 0 Å². The Bertz CT molecular complexity index is 1670. The first-order chi connectivity index (χ1) is 22.9. The maximum absolute atomic E-state index is 13.8. The molecular weight excluding hydrogens is 638 g/mol. The van der Waals surface area contributed by atoms with Crippen LogP contribution in [-0.4, -0.2) is 81.9 Å². The van der Waals surface area contributed by atoms with Crippen LogP contribution >= 0.6 is 0 Å². The fourth-order valence-electron chi connectivity index (χ4n) is 6.50. The third-order valence-corrected chi connectivity index (χ3v) is 9.47. The summed E-state index contributed by atoms with van der Waals surface area (Å²) in [5, 5.41) is 35.8. The minimum atomic E-state index is -2.03. The van der Waals surface area contributed by atoms with Crippen LogP contribution in [0.3, 0.4) is 0 Å². The zero-order chi connectivity index (χ0) is 36.5. The van der Waals surface area contributed by atoms with Crippen molar-refractivity contribution in [2.75, 3.05) is 7.11 Å². The van der Waals surface area contributed by atoms with E-state index < -0.39 is 100 Å². The molecule has 0 fully saturated rings. The second-order valence-corrected chi connectivity index (χ2v) is 12.9. The lowest BCUT2D eigenvalue weighted by atomic mass is 9.78. The molecule has 264 valence electrons. The molecule has 13 heteroatoms. The minimum absolute atomic E-state index is 0.00776. The number of aliphatic hydroxyl groups excluding tert-OH is 2. The lowest BCUT2D eigenvalue weighted by molar-refractivity contribution is -0.160. The van der Waals surface area contributed by atoms with Crippen LogP contribution in [-0.2, 0) is 23.8 Å². The van der Waals surface area contributed by atoms with Crippen molar-refractivity contribution in [3.8, 4) is 11.5 Å². The van der Waals surface area contributed by atoms with Crippen LogP contribution in [0.2, 0.25) is 0 Å². The van der Waals surface area contributed by atoms with Crippen molar-refractivity contribution in [2.24, 2.45) is 23.7 Å².